The molecule has 0 amide bonds. The van der Waals surface area contributed by atoms with Crippen molar-refractivity contribution in [3.05, 3.63) is 0 Å². The molecule has 0 spiro atoms. The molecule has 6 nitrogen and oxygen atoms in total. The van der Waals surface area contributed by atoms with E-state index in [9.17, 15) is 8.42 Å². The zero-order valence-electron chi connectivity index (χ0n) is 15.3. The van der Waals surface area contributed by atoms with Gasteiger partial charge in [-0.15, -0.1) is 24.0 Å². The molecule has 0 aliphatic carbocycles. The largest absolute Gasteiger partial charge is 0.357 e. The first-order chi connectivity index (χ1) is 10.9. The number of halogens is 1. The van der Waals surface area contributed by atoms with Crippen LogP contribution >= 0.6 is 24.0 Å². The quantitative estimate of drug-likeness (QED) is 0.382. The second kappa shape index (κ2) is 9.56. The number of hydrogen-bond donors (Lipinski definition) is 1. The van der Waals surface area contributed by atoms with E-state index >= 15 is 0 Å². The van der Waals surface area contributed by atoms with Crippen LogP contribution in [-0.4, -0.2) is 80.5 Å². The summed E-state index contributed by atoms with van der Waals surface area (Å²) >= 11 is 0. The van der Waals surface area contributed by atoms with Crippen LogP contribution in [0.3, 0.4) is 0 Å². The van der Waals surface area contributed by atoms with Crippen molar-refractivity contribution in [2.45, 2.75) is 44.8 Å². The average Bonchev–Trinajstić information content (AvgIpc) is 2.50. The van der Waals surface area contributed by atoms with Crippen LogP contribution < -0.4 is 5.32 Å². The summed E-state index contributed by atoms with van der Waals surface area (Å²) in [4.78, 5) is 9.31. The number of aliphatic imine (C=N–C) groups is 1. The van der Waals surface area contributed by atoms with E-state index in [2.05, 4.69) is 15.1 Å². The second-order valence-electron chi connectivity index (χ2n) is 7.14. The summed E-state index contributed by atoms with van der Waals surface area (Å²) in [6.07, 6.45) is 3.93. The summed E-state index contributed by atoms with van der Waals surface area (Å²) in [6, 6.07) is 0. The van der Waals surface area contributed by atoms with E-state index in [0.29, 0.717) is 13.1 Å². The first-order valence-corrected chi connectivity index (χ1v) is 10.5. The second-order valence-corrected chi connectivity index (χ2v) is 9.88. The number of piperidine rings is 1. The predicted octanol–water partition coefficient (Wildman–Crippen LogP) is 1.56. The molecule has 0 unspecified atom stereocenters. The molecule has 0 aromatic carbocycles. The summed E-state index contributed by atoms with van der Waals surface area (Å²) in [5.41, 5.74) is 0. The molecule has 24 heavy (non-hydrogen) atoms. The molecule has 2 heterocycles. The third-order valence-electron chi connectivity index (χ3n) is 4.80. The third-order valence-corrected chi connectivity index (χ3v) is 7.34. The van der Waals surface area contributed by atoms with Crippen LogP contribution in [0.1, 0.15) is 40.0 Å². The van der Waals surface area contributed by atoms with Crippen LogP contribution in [0, 0.1) is 0 Å². The van der Waals surface area contributed by atoms with Gasteiger partial charge in [-0.3, -0.25) is 4.99 Å². The first kappa shape index (κ1) is 22.0. The Morgan fingerprint density at radius 1 is 1.17 bits per heavy atom. The van der Waals surface area contributed by atoms with Gasteiger partial charge >= 0.3 is 0 Å². The Morgan fingerprint density at radius 2 is 1.83 bits per heavy atom. The molecule has 142 valence electrons. The van der Waals surface area contributed by atoms with Crippen molar-refractivity contribution in [1.29, 1.82) is 0 Å². The lowest BCUT2D eigenvalue weighted by molar-refractivity contribution is 0.234. The lowest BCUT2D eigenvalue weighted by Crippen LogP contribution is -2.57. The van der Waals surface area contributed by atoms with Crippen molar-refractivity contribution in [2.75, 3.05) is 51.6 Å². The highest BCUT2D eigenvalue weighted by atomic mass is 127. The Bertz CT molecular complexity index is 516. The number of sulfone groups is 1. The lowest BCUT2D eigenvalue weighted by Gasteiger charge is -2.39. The van der Waals surface area contributed by atoms with E-state index in [1.165, 1.54) is 32.4 Å². The molecule has 0 aromatic heterocycles. The topological polar surface area (TPSA) is 65.0 Å². The molecule has 1 N–H and O–H groups in total. The van der Waals surface area contributed by atoms with Crippen LogP contribution in [0.2, 0.25) is 0 Å². The maximum Gasteiger partial charge on any atom is 0.194 e. The van der Waals surface area contributed by atoms with Crippen molar-refractivity contribution < 1.29 is 8.42 Å². The molecule has 8 heteroatoms. The zero-order valence-corrected chi connectivity index (χ0v) is 18.4. The molecular weight excluding hydrogens is 439 g/mol. The van der Waals surface area contributed by atoms with Crippen molar-refractivity contribution in [1.82, 2.24) is 15.1 Å². The van der Waals surface area contributed by atoms with Gasteiger partial charge in [0.25, 0.3) is 0 Å². The van der Waals surface area contributed by atoms with E-state index in [-0.39, 0.29) is 29.7 Å². The van der Waals surface area contributed by atoms with Gasteiger partial charge in [0, 0.05) is 26.2 Å². The number of guanidine groups is 1. The van der Waals surface area contributed by atoms with Gasteiger partial charge in [0.1, 0.15) is 0 Å². The van der Waals surface area contributed by atoms with Gasteiger partial charge in [0.05, 0.1) is 17.0 Å². The normalized spacial score (nSPS) is 24.3. The van der Waals surface area contributed by atoms with Gasteiger partial charge in [-0.2, -0.15) is 0 Å². The summed E-state index contributed by atoms with van der Waals surface area (Å²) in [6.45, 7) is 11.6. The highest BCUT2D eigenvalue weighted by Crippen LogP contribution is 2.23. The fourth-order valence-electron chi connectivity index (χ4n) is 3.23. The predicted molar refractivity (Wildman–Crippen MR) is 111 cm³/mol. The Hall–Kier alpha value is -0.0900. The Labute approximate surface area is 164 Å². The Morgan fingerprint density at radius 3 is 2.42 bits per heavy atom. The van der Waals surface area contributed by atoms with Crippen molar-refractivity contribution >= 4 is 39.8 Å². The van der Waals surface area contributed by atoms with Crippen molar-refractivity contribution in [3.63, 3.8) is 0 Å². The van der Waals surface area contributed by atoms with E-state index in [1.807, 2.05) is 20.8 Å². The number of likely N-dealkylation sites (tertiary alicyclic amines) is 1. The zero-order chi connectivity index (χ0) is 16.9. The molecule has 2 aliphatic rings. The average molecular weight is 472 g/mol. The lowest BCUT2D eigenvalue weighted by atomic mass is 10.1. The summed E-state index contributed by atoms with van der Waals surface area (Å²) < 4.78 is 23.6. The first-order valence-electron chi connectivity index (χ1n) is 8.83. The van der Waals surface area contributed by atoms with Gasteiger partial charge < -0.3 is 15.1 Å². The molecular formula is C16H33IN4O2S. The van der Waals surface area contributed by atoms with E-state index < -0.39 is 14.6 Å². The highest BCUT2D eigenvalue weighted by molar-refractivity contribution is 14.0. The molecule has 0 atom stereocenters. The molecule has 2 rings (SSSR count). The standard InChI is InChI=1S/C16H32N4O2S.HI/c1-4-17-15(18-8-11-19-9-6-5-7-10-19)20-12-13-23(21,22)16(2,3)14-20;/h4-14H2,1-3H3,(H,17,18);1H. The minimum absolute atomic E-state index is 0. The fraction of sp³-hybridized carbons (Fsp3) is 0.938. The number of hydrogen-bond acceptors (Lipinski definition) is 4. The van der Waals surface area contributed by atoms with Crippen molar-refractivity contribution in [2.24, 2.45) is 4.99 Å². The van der Waals surface area contributed by atoms with Crippen LogP contribution in [-0.2, 0) is 9.84 Å². The highest BCUT2D eigenvalue weighted by Gasteiger charge is 2.40. The van der Waals surface area contributed by atoms with Gasteiger partial charge in [0.2, 0.25) is 0 Å². The van der Waals surface area contributed by atoms with Crippen LogP contribution in [0.4, 0.5) is 0 Å². The molecule has 0 saturated carbocycles. The smallest absolute Gasteiger partial charge is 0.194 e. The van der Waals surface area contributed by atoms with Gasteiger partial charge in [0.15, 0.2) is 15.8 Å². The molecule has 0 radical (unpaired) electrons. The van der Waals surface area contributed by atoms with Gasteiger partial charge in [-0.1, -0.05) is 6.42 Å². The Kier molecular flexibility index (Phi) is 8.75. The molecule has 0 aromatic rings. The molecule has 2 aliphatic heterocycles. The molecule has 2 fully saturated rings. The monoisotopic (exact) mass is 472 g/mol. The maximum atomic E-state index is 12.2. The van der Waals surface area contributed by atoms with E-state index in [0.717, 1.165) is 25.6 Å². The van der Waals surface area contributed by atoms with Crippen LogP contribution in [0.15, 0.2) is 4.99 Å². The Balaban J connectivity index is 0.00000288. The molecule has 2 saturated heterocycles. The SMILES string of the molecule is CCNC(=NCCN1CCCCC1)N1CCS(=O)(=O)C(C)(C)C1.I. The summed E-state index contributed by atoms with van der Waals surface area (Å²) in [5.74, 6) is 1.06. The summed E-state index contributed by atoms with van der Waals surface area (Å²) in [5, 5.41) is 3.32. The number of nitrogens with zero attached hydrogens (tertiary/aromatic N) is 3. The number of rotatable bonds is 4. The summed E-state index contributed by atoms with van der Waals surface area (Å²) in [7, 11) is -3.01. The molecule has 0 bridgehead atoms. The van der Waals surface area contributed by atoms with E-state index in [4.69, 9.17) is 4.99 Å². The van der Waals surface area contributed by atoms with E-state index in [1.54, 1.807) is 0 Å². The van der Waals surface area contributed by atoms with Crippen LogP contribution in [0.25, 0.3) is 0 Å². The van der Waals surface area contributed by atoms with Gasteiger partial charge in [-0.05, 0) is 46.7 Å². The minimum Gasteiger partial charge on any atom is -0.357 e. The maximum absolute atomic E-state index is 12.2. The van der Waals surface area contributed by atoms with Crippen molar-refractivity contribution in [3.8, 4) is 0 Å². The minimum atomic E-state index is -3.01. The third kappa shape index (κ3) is 5.72. The van der Waals surface area contributed by atoms with Gasteiger partial charge in [-0.25, -0.2) is 8.42 Å². The number of nitrogens with one attached hydrogen (secondary N) is 1. The fourth-order valence-corrected chi connectivity index (χ4v) is 4.60. The van der Waals surface area contributed by atoms with Crippen LogP contribution in [0.5, 0.6) is 0 Å².